The van der Waals surface area contributed by atoms with Crippen molar-refractivity contribution in [3.05, 3.63) is 23.9 Å². The molecule has 9 heavy (non-hydrogen) atoms. The SMILES string of the molecule is Bc1ccc(C#N)cn1. The van der Waals surface area contributed by atoms with Gasteiger partial charge in [0.05, 0.1) is 5.56 Å². The minimum atomic E-state index is 0.612. The van der Waals surface area contributed by atoms with E-state index >= 15 is 0 Å². The summed E-state index contributed by atoms with van der Waals surface area (Å²) in [7, 11) is 1.89. The maximum absolute atomic E-state index is 8.34. The van der Waals surface area contributed by atoms with Gasteiger partial charge in [0, 0.05) is 6.20 Å². The first-order valence-electron chi connectivity index (χ1n) is 2.65. The van der Waals surface area contributed by atoms with E-state index in [0.29, 0.717) is 5.56 Å². The Labute approximate surface area is 54.6 Å². The highest BCUT2D eigenvalue weighted by molar-refractivity contribution is 6.30. The summed E-state index contributed by atoms with van der Waals surface area (Å²) in [6, 6.07) is 5.56. The molecule has 0 atom stereocenters. The van der Waals surface area contributed by atoms with E-state index in [2.05, 4.69) is 4.98 Å². The summed E-state index contributed by atoms with van der Waals surface area (Å²) in [5.74, 6) is 0. The predicted octanol–water partition coefficient (Wildman–Crippen LogP) is -0.788. The summed E-state index contributed by atoms with van der Waals surface area (Å²) in [4.78, 5) is 3.93. The third-order valence-electron chi connectivity index (χ3n) is 1.04. The van der Waals surface area contributed by atoms with Gasteiger partial charge in [-0.05, 0) is 17.7 Å². The summed E-state index contributed by atoms with van der Waals surface area (Å²) >= 11 is 0. The van der Waals surface area contributed by atoms with E-state index in [-0.39, 0.29) is 0 Å². The van der Waals surface area contributed by atoms with Gasteiger partial charge in [0.1, 0.15) is 6.07 Å². The summed E-state index contributed by atoms with van der Waals surface area (Å²) in [6.45, 7) is 0. The fourth-order valence-corrected chi connectivity index (χ4v) is 0.534. The van der Waals surface area contributed by atoms with E-state index in [1.165, 1.54) is 0 Å². The van der Waals surface area contributed by atoms with Crippen LogP contribution in [-0.2, 0) is 0 Å². The Hall–Kier alpha value is -1.30. The van der Waals surface area contributed by atoms with Crippen LogP contribution in [0.4, 0.5) is 0 Å². The van der Waals surface area contributed by atoms with Gasteiger partial charge in [-0.3, -0.25) is 4.98 Å². The van der Waals surface area contributed by atoms with E-state index < -0.39 is 0 Å². The largest absolute Gasteiger partial charge is 0.271 e. The zero-order valence-corrected chi connectivity index (χ0v) is 5.13. The molecule has 0 amide bonds. The average molecular weight is 116 g/mol. The second kappa shape index (κ2) is 2.32. The van der Waals surface area contributed by atoms with Crippen molar-refractivity contribution in [2.75, 3.05) is 0 Å². The molecule has 0 aliphatic carbocycles. The van der Waals surface area contributed by atoms with E-state index in [4.69, 9.17) is 5.26 Å². The Morgan fingerprint density at radius 2 is 2.33 bits per heavy atom. The average Bonchev–Trinajstić information content (AvgIpc) is 1.90. The van der Waals surface area contributed by atoms with Crippen LogP contribution in [-0.4, -0.2) is 12.8 Å². The number of pyridine rings is 1. The lowest BCUT2D eigenvalue weighted by molar-refractivity contribution is 1.35. The molecule has 1 aromatic rings. The number of hydrogen-bond acceptors (Lipinski definition) is 2. The quantitative estimate of drug-likeness (QED) is 0.416. The molecule has 0 aliphatic rings. The molecule has 1 heterocycles. The zero-order chi connectivity index (χ0) is 6.69. The normalized spacial score (nSPS) is 8.33. The van der Waals surface area contributed by atoms with Crippen molar-refractivity contribution in [1.29, 1.82) is 5.26 Å². The molecular weight excluding hydrogens is 111 g/mol. The Morgan fingerprint density at radius 1 is 1.56 bits per heavy atom. The molecule has 1 rings (SSSR count). The second-order valence-electron chi connectivity index (χ2n) is 1.80. The van der Waals surface area contributed by atoms with Gasteiger partial charge in [0.2, 0.25) is 0 Å². The van der Waals surface area contributed by atoms with Gasteiger partial charge in [-0.1, -0.05) is 0 Å². The van der Waals surface area contributed by atoms with Crippen molar-refractivity contribution in [3.63, 3.8) is 0 Å². The molecule has 0 N–H and O–H groups in total. The minimum absolute atomic E-state index is 0.612. The van der Waals surface area contributed by atoms with Crippen LogP contribution >= 0.6 is 0 Å². The third kappa shape index (κ3) is 1.30. The molecule has 0 saturated carbocycles. The second-order valence-corrected chi connectivity index (χ2v) is 1.80. The molecule has 3 heteroatoms. The lowest BCUT2D eigenvalue weighted by Crippen LogP contribution is -2.05. The Kier molecular flexibility index (Phi) is 1.50. The maximum atomic E-state index is 8.34. The van der Waals surface area contributed by atoms with Gasteiger partial charge in [-0.15, -0.1) is 0 Å². The molecule has 0 aromatic carbocycles. The van der Waals surface area contributed by atoms with Crippen LogP contribution in [0.25, 0.3) is 0 Å². The van der Waals surface area contributed by atoms with E-state index in [1.807, 2.05) is 20.0 Å². The number of hydrogen-bond donors (Lipinski definition) is 0. The maximum Gasteiger partial charge on any atom is 0.163 e. The fourth-order valence-electron chi connectivity index (χ4n) is 0.534. The molecule has 0 fully saturated rings. The Balaban J connectivity index is 3.06. The van der Waals surface area contributed by atoms with Crippen molar-refractivity contribution in [2.24, 2.45) is 0 Å². The highest BCUT2D eigenvalue weighted by Crippen LogP contribution is 1.87. The number of nitriles is 1. The summed E-state index contributed by atoms with van der Waals surface area (Å²) in [5.41, 5.74) is 1.55. The van der Waals surface area contributed by atoms with Gasteiger partial charge in [-0.25, -0.2) is 0 Å². The van der Waals surface area contributed by atoms with Crippen molar-refractivity contribution in [3.8, 4) is 6.07 Å². The van der Waals surface area contributed by atoms with Crippen LogP contribution < -0.4 is 5.59 Å². The standard InChI is InChI=1S/C6H5BN2/c7-6-2-1-5(3-8)4-9-6/h1-2,4H,7H2. The molecular formula is C6H5BN2. The molecule has 42 valence electrons. The van der Waals surface area contributed by atoms with E-state index in [9.17, 15) is 0 Å². The lowest BCUT2D eigenvalue weighted by atomic mass is 10.0. The summed E-state index contributed by atoms with van der Waals surface area (Å²) in [6.07, 6.45) is 1.56. The smallest absolute Gasteiger partial charge is 0.163 e. The van der Waals surface area contributed by atoms with Gasteiger partial charge < -0.3 is 0 Å². The van der Waals surface area contributed by atoms with E-state index in [0.717, 1.165) is 5.59 Å². The fraction of sp³-hybridized carbons (Fsp3) is 0. The van der Waals surface area contributed by atoms with E-state index in [1.54, 1.807) is 12.3 Å². The van der Waals surface area contributed by atoms with Gasteiger partial charge >= 0.3 is 0 Å². The monoisotopic (exact) mass is 116 g/mol. The van der Waals surface area contributed by atoms with Crippen molar-refractivity contribution in [1.82, 2.24) is 4.98 Å². The number of nitrogens with zero attached hydrogens (tertiary/aromatic N) is 2. The highest BCUT2D eigenvalue weighted by atomic mass is 14.6. The lowest BCUT2D eigenvalue weighted by Gasteiger charge is -1.87. The minimum Gasteiger partial charge on any atom is -0.271 e. The van der Waals surface area contributed by atoms with Crippen LogP contribution in [0.2, 0.25) is 0 Å². The Bertz CT molecular complexity index is 234. The van der Waals surface area contributed by atoms with Crippen LogP contribution in [0.5, 0.6) is 0 Å². The first kappa shape index (κ1) is 5.83. The summed E-state index contributed by atoms with van der Waals surface area (Å²) < 4.78 is 0. The predicted molar refractivity (Wildman–Crippen MR) is 37.1 cm³/mol. The molecule has 0 aliphatic heterocycles. The van der Waals surface area contributed by atoms with Crippen molar-refractivity contribution in [2.45, 2.75) is 0 Å². The van der Waals surface area contributed by atoms with Crippen LogP contribution in [0.1, 0.15) is 5.56 Å². The highest BCUT2D eigenvalue weighted by Gasteiger charge is 1.86. The Morgan fingerprint density at radius 3 is 2.78 bits per heavy atom. The zero-order valence-electron chi connectivity index (χ0n) is 5.13. The number of aromatic nitrogens is 1. The molecule has 0 spiro atoms. The molecule has 2 nitrogen and oxygen atoms in total. The molecule has 1 aromatic heterocycles. The van der Waals surface area contributed by atoms with Crippen molar-refractivity contribution < 1.29 is 0 Å². The molecule has 0 radical (unpaired) electrons. The molecule has 0 saturated heterocycles. The molecule has 0 bridgehead atoms. The van der Waals surface area contributed by atoms with Crippen LogP contribution in [0, 0.1) is 11.3 Å². The van der Waals surface area contributed by atoms with Gasteiger partial charge in [0.15, 0.2) is 7.85 Å². The van der Waals surface area contributed by atoms with Crippen LogP contribution in [0.15, 0.2) is 18.3 Å². The van der Waals surface area contributed by atoms with Gasteiger partial charge in [0.25, 0.3) is 0 Å². The topological polar surface area (TPSA) is 36.7 Å². The van der Waals surface area contributed by atoms with Gasteiger partial charge in [-0.2, -0.15) is 5.26 Å². The van der Waals surface area contributed by atoms with Crippen LogP contribution in [0.3, 0.4) is 0 Å². The summed E-state index contributed by atoms with van der Waals surface area (Å²) in [5, 5.41) is 8.34. The number of rotatable bonds is 0. The first-order chi connectivity index (χ1) is 4.33. The third-order valence-corrected chi connectivity index (χ3v) is 1.04. The molecule has 0 unspecified atom stereocenters. The first-order valence-corrected chi connectivity index (χ1v) is 2.65. The van der Waals surface area contributed by atoms with Crippen molar-refractivity contribution >= 4 is 13.4 Å².